The zero-order chi connectivity index (χ0) is 14.5. The van der Waals surface area contributed by atoms with Crippen LogP contribution in [0.4, 0.5) is 0 Å². The number of nitrogens with zero attached hydrogens (tertiary/aromatic N) is 1. The van der Waals surface area contributed by atoms with Crippen molar-refractivity contribution in [1.29, 1.82) is 0 Å². The molecule has 0 heterocycles. The molecule has 3 heteroatoms. The quantitative estimate of drug-likeness (QED) is 0.612. The van der Waals surface area contributed by atoms with Crippen LogP contribution in [0, 0.1) is 5.92 Å². The van der Waals surface area contributed by atoms with E-state index in [0.717, 1.165) is 28.0 Å². The van der Waals surface area contributed by atoms with E-state index >= 15 is 0 Å². The largest absolute Gasteiger partial charge is 0.296 e. The molecule has 1 aliphatic carbocycles. The van der Waals surface area contributed by atoms with Crippen LogP contribution in [0.3, 0.4) is 0 Å². The van der Waals surface area contributed by atoms with Crippen LogP contribution in [0.2, 0.25) is 5.02 Å². The SMILES string of the molecule is CC(C)CCN(Cc1ccc(Br)cc1Cl)C1CCCC1. The molecule has 1 aliphatic rings. The van der Waals surface area contributed by atoms with E-state index in [-0.39, 0.29) is 0 Å². The molecule has 112 valence electrons. The van der Waals surface area contributed by atoms with Gasteiger partial charge in [-0.05, 0) is 49.4 Å². The van der Waals surface area contributed by atoms with Gasteiger partial charge in [-0.15, -0.1) is 0 Å². The Bertz CT molecular complexity index is 427. The van der Waals surface area contributed by atoms with Crippen LogP contribution in [0.25, 0.3) is 0 Å². The summed E-state index contributed by atoms with van der Waals surface area (Å²) in [5.74, 6) is 0.763. The van der Waals surface area contributed by atoms with Crippen molar-refractivity contribution < 1.29 is 0 Å². The number of rotatable bonds is 6. The zero-order valence-electron chi connectivity index (χ0n) is 12.5. The summed E-state index contributed by atoms with van der Waals surface area (Å²) in [5.41, 5.74) is 1.26. The van der Waals surface area contributed by atoms with E-state index in [9.17, 15) is 0 Å². The fraction of sp³-hybridized carbons (Fsp3) is 0.647. The molecule has 0 amide bonds. The van der Waals surface area contributed by atoms with Crippen molar-refractivity contribution in [3.63, 3.8) is 0 Å². The molecule has 0 bridgehead atoms. The van der Waals surface area contributed by atoms with Crippen molar-refractivity contribution in [1.82, 2.24) is 4.90 Å². The van der Waals surface area contributed by atoms with Crippen molar-refractivity contribution in [2.75, 3.05) is 6.54 Å². The van der Waals surface area contributed by atoms with Gasteiger partial charge in [0.15, 0.2) is 0 Å². The summed E-state index contributed by atoms with van der Waals surface area (Å²) in [7, 11) is 0. The lowest BCUT2D eigenvalue weighted by atomic mass is 10.1. The Balaban J connectivity index is 2.05. The predicted molar refractivity (Wildman–Crippen MR) is 91.3 cm³/mol. The lowest BCUT2D eigenvalue weighted by molar-refractivity contribution is 0.179. The summed E-state index contributed by atoms with van der Waals surface area (Å²) < 4.78 is 1.06. The van der Waals surface area contributed by atoms with Crippen LogP contribution in [0.1, 0.15) is 51.5 Å². The van der Waals surface area contributed by atoms with Gasteiger partial charge < -0.3 is 0 Å². The average Bonchev–Trinajstić information content (AvgIpc) is 2.90. The van der Waals surface area contributed by atoms with E-state index in [2.05, 4.69) is 46.8 Å². The topological polar surface area (TPSA) is 3.24 Å². The van der Waals surface area contributed by atoms with Gasteiger partial charge >= 0.3 is 0 Å². The molecule has 1 nitrogen and oxygen atoms in total. The second kappa shape index (κ2) is 7.82. The fourth-order valence-corrected chi connectivity index (χ4v) is 3.69. The van der Waals surface area contributed by atoms with Crippen molar-refractivity contribution in [3.05, 3.63) is 33.3 Å². The third-order valence-corrected chi connectivity index (χ3v) is 5.07. The standard InChI is InChI=1S/C17H25BrClN/c1-13(2)9-10-20(16-5-3-4-6-16)12-14-7-8-15(18)11-17(14)19/h7-8,11,13,16H,3-6,9-10,12H2,1-2H3. The van der Waals surface area contributed by atoms with Gasteiger partial charge in [0.05, 0.1) is 0 Å². The normalized spacial score (nSPS) is 16.5. The second-order valence-electron chi connectivity index (χ2n) is 6.33. The molecule has 0 atom stereocenters. The third kappa shape index (κ3) is 4.75. The fourth-order valence-electron chi connectivity index (χ4n) is 2.95. The van der Waals surface area contributed by atoms with Crippen LogP contribution < -0.4 is 0 Å². The summed E-state index contributed by atoms with van der Waals surface area (Å²) >= 11 is 9.87. The molecule has 0 saturated heterocycles. The summed E-state index contributed by atoms with van der Waals surface area (Å²) in [5, 5.41) is 0.881. The maximum absolute atomic E-state index is 6.39. The Hall–Kier alpha value is -0.0500. The number of benzene rings is 1. The maximum atomic E-state index is 6.39. The van der Waals surface area contributed by atoms with Crippen molar-refractivity contribution >= 4 is 27.5 Å². The Labute approximate surface area is 136 Å². The van der Waals surface area contributed by atoms with E-state index in [1.807, 2.05) is 6.07 Å². The Morgan fingerprint density at radius 1 is 1.30 bits per heavy atom. The molecule has 1 aromatic rings. The van der Waals surface area contributed by atoms with E-state index in [4.69, 9.17) is 11.6 Å². The highest BCUT2D eigenvalue weighted by Gasteiger charge is 2.23. The monoisotopic (exact) mass is 357 g/mol. The smallest absolute Gasteiger partial charge is 0.0462 e. The van der Waals surface area contributed by atoms with Crippen molar-refractivity contribution in [3.8, 4) is 0 Å². The molecule has 0 aromatic heterocycles. The zero-order valence-corrected chi connectivity index (χ0v) is 14.9. The highest BCUT2D eigenvalue weighted by Crippen LogP contribution is 2.28. The van der Waals surface area contributed by atoms with Gasteiger partial charge in [0.25, 0.3) is 0 Å². The van der Waals surface area contributed by atoms with Gasteiger partial charge in [0.2, 0.25) is 0 Å². The molecule has 20 heavy (non-hydrogen) atoms. The minimum Gasteiger partial charge on any atom is -0.296 e. The molecule has 2 rings (SSSR count). The molecule has 0 radical (unpaired) electrons. The third-order valence-electron chi connectivity index (χ3n) is 4.22. The van der Waals surface area contributed by atoms with E-state index in [1.54, 1.807) is 0 Å². The van der Waals surface area contributed by atoms with Crippen molar-refractivity contribution in [2.45, 2.75) is 58.5 Å². The van der Waals surface area contributed by atoms with Gasteiger partial charge in [-0.2, -0.15) is 0 Å². The Morgan fingerprint density at radius 2 is 2.00 bits per heavy atom. The van der Waals surface area contributed by atoms with E-state index < -0.39 is 0 Å². The Kier molecular flexibility index (Phi) is 6.38. The second-order valence-corrected chi connectivity index (χ2v) is 7.65. The first kappa shape index (κ1) is 16.3. The predicted octanol–water partition coefficient (Wildman–Crippen LogP) is 5.89. The van der Waals surface area contributed by atoms with Gasteiger partial charge in [-0.1, -0.05) is 60.3 Å². The summed E-state index contributed by atoms with van der Waals surface area (Å²) in [6.45, 7) is 6.79. The molecule has 0 unspecified atom stereocenters. The van der Waals surface area contributed by atoms with Gasteiger partial charge in [-0.25, -0.2) is 0 Å². The molecule has 0 spiro atoms. The first-order valence-electron chi connectivity index (χ1n) is 7.74. The minimum absolute atomic E-state index is 0.758. The molecule has 0 N–H and O–H groups in total. The first-order valence-corrected chi connectivity index (χ1v) is 8.91. The molecule has 1 saturated carbocycles. The van der Waals surface area contributed by atoms with Crippen molar-refractivity contribution in [2.24, 2.45) is 5.92 Å². The molecule has 1 aromatic carbocycles. The average molecular weight is 359 g/mol. The maximum Gasteiger partial charge on any atom is 0.0462 e. The number of halogens is 2. The highest BCUT2D eigenvalue weighted by atomic mass is 79.9. The summed E-state index contributed by atoms with van der Waals surface area (Å²) in [6.07, 6.45) is 6.75. The van der Waals surface area contributed by atoms with Crippen LogP contribution >= 0.6 is 27.5 Å². The van der Waals surface area contributed by atoms with Gasteiger partial charge in [-0.3, -0.25) is 4.90 Å². The van der Waals surface area contributed by atoms with Gasteiger partial charge in [0, 0.05) is 22.1 Å². The van der Waals surface area contributed by atoms with Crippen LogP contribution in [0.5, 0.6) is 0 Å². The lowest BCUT2D eigenvalue weighted by Gasteiger charge is -2.30. The molecule has 1 fully saturated rings. The molecule has 0 aliphatic heterocycles. The molecular formula is C17H25BrClN. The highest BCUT2D eigenvalue weighted by molar-refractivity contribution is 9.10. The number of hydrogen-bond acceptors (Lipinski definition) is 1. The van der Waals surface area contributed by atoms with Crippen LogP contribution in [-0.2, 0) is 6.54 Å². The minimum atomic E-state index is 0.758. The number of hydrogen-bond donors (Lipinski definition) is 0. The Morgan fingerprint density at radius 3 is 2.60 bits per heavy atom. The van der Waals surface area contributed by atoms with Crippen LogP contribution in [0.15, 0.2) is 22.7 Å². The van der Waals surface area contributed by atoms with E-state index in [0.29, 0.717) is 0 Å². The molecular weight excluding hydrogens is 334 g/mol. The summed E-state index contributed by atoms with van der Waals surface area (Å²) in [4.78, 5) is 2.65. The van der Waals surface area contributed by atoms with E-state index in [1.165, 1.54) is 44.2 Å². The summed E-state index contributed by atoms with van der Waals surface area (Å²) in [6, 6.07) is 7.01. The van der Waals surface area contributed by atoms with Crippen LogP contribution in [-0.4, -0.2) is 17.5 Å². The van der Waals surface area contributed by atoms with Gasteiger partial charge in [0.1, 0.15) is 0 Å². The lowest BCUT2D eigenvalue weighted by Crippen LogP contribution is -2.34. The first-order chi connectivity index (χ1) is 9.56.